The monoisotopic (exact) mass is 232 g/mol. The normalized spacial score (nSPS) is 17.5. The minimum Gasteiger partial charge on any atom is -0.473 e. The highest BCUT2D eigenvalue weighted by molar-refractivity contribution is 5.95. The number of ether oxygens (including phenoxy) is 2. The molecule has 2 rings (SSSR count). The Morgan fingerprint density at radius 1 is 1.47 bits per heavy atom. The molecule has 0 aromatic heterocycles. The molecule has 88 valence electrons. The van der Waals surface area contributed by atoms with Gasteiger partial charge in [-0.3, -0.25) is 4.79 Å². The number of carbonyl (C=O) groups excluding carboxylic acids is 2. The van der Waals surface area contributed by atoms with Crippen LogP contribution in [0.25, 0.3) is 6.08 Å². The lowest BCUT2D eigenvalue weighted by molar-refractivity contribution is -0.150. The molecule has 0 spiro atoms. The van der Waals surface area contributed by atoms with Gasteiger partial charge in [-0.15, -0.1) is 0 Å². The van der Waals surface area contributed by atoms with Crippen LogP contribution < -0.4 is 4.74 Å². The highest BCUT2D eigenvalue weighted by Gasteiger charge is 2.30. The number of hydrogen-bond acceptors (Lipinski definition) is 4. The maximum atomic E-state index is 11.6. The molecule has 0 radical (unpaired) electrons. The predicted molar refractivity (Wildman–Crippen MR) is 61.5 cm³/mol. The lowest BCUT2D eigenvalue weighted by Gasteiger charge is -2.22. The molecule has 4 heteroatoms. The molecule has 0 saturated heterocycles. The van der Waals surface area contributed by atoms with E-state index in [4.69, 9.17) is 9.47 Å². The van der Waals surface area contributed by atoms with Gasteiger partial charge in [0.2, 0.25) is 6.10 Å². The van der Waals surface area contributed by atoms with Gasteiger partial charge in [0.15, 0.2) is 0 Å². The molecule has 0 unspecified atom stereocenters. The van der Waals surface area contributed by atoms with E-state index in [-0.39, 0.29) is 12.2 Å². The van der Waals surface area contributed by atoms with Gasteiger partial charge in [-0.25, -0.2) is 4.79 Å². The van der Waals surface area contributed by atoms with Crippen molar-refractivity contribution in [1.82, 2.24) is 0 Å². The van der Waals surface area contributed by atoms with E-state index in [0.29, 0.717) is 12.0 Å². The van der Waals surface area contributed by atoms with Gasteiger partial charge in [0.25, 0.3) is 0 Å². The molecule has 4 nitrogen and oxygen atoms in total. The SMILES string of the molecule is CCOC(=O)[C@@H]1Oc2ccccc2C=C1C=O. The van der Waals surface area contributed by atoms with Gasteiger partial charge >= 0.3 is 5.97 Å². The fraction of sp³-hybridized carbons (Fsp3) is 0.231. The van der Waals surface area contributed by atoms with Crippen LogP contribution in [0.2, 0.25) is 0 Å². The van der Waals surface area contributed by atoms with E-state index in [1.54, 1.807) is 25.1 Å². The minimum atomic E-state index is -0.956. The number of hydrogen-bond donors (Lipinski definition) is 0. The highest BCUT2D eigenvalue weighted by atomic mass is 16.6. The molecule has 0 N–H and O–H groups in total. The number of fused-ring (bicyclic) bond motifs is 1. The topological polar surface area (TPSA) is 52.6 Å². The summed E-state index contributed by atoms with van der Waals surface area (Å²) in [5, 5.41) is 0. The first-order valence-corrected chi connectivity index (χ1v) is 5.35. The van der Waals surface area contributed by atoms with Crippen LogP contribution in [0.5, 0.6) is 5.75 Å². The van der Waals surface area contributed by atoms with E-state index >= 15 is 0 Å². The molecule has 0 aliphatic carbocycles. The average Bonchev–Trinajstić information content (AvgIpc) is 2.37. The number of para-hydroxylation sites is 1. The standard InChI is InChI=1S/C13H12O4/c1-2-16-13(15)12-10(8-14)7-9-5-3-4-6-11(9)17-12/h3-8,12H,2H2,1H3/t12-/m1/s1. The summed E-state index contributed by atoms with van der Waals surface area (Å²) in [4.78, 5) is 22.6. The molecule has 0 bridgehead atoms. The Kier molecular flexibility index (Phi) is 3.23. The van der Waals surface area contributed by atoms with Crippen molar-refractivity contribution >= 4 is 18.3 Å². The first kappa shape index (κ1) is 11.4. The van der Waals surface area contributed by atoms with Gasteiger partial charge in [0, 0.05) is 11.1 Å². The van der Waals surface area contributed by atoms with Crippen molar-refractivity contribution < 1.29 is 19.1 Å². The third-order valence-electron chi connectivity index (χ3n) is 2.43. The summed E-state index contributed by atoms with van der Waals surface area (Å²) >= 11 is 0. The molecule has 0 saturated carbocycles. The van der Waals surface area contributed by atoms with Gasteiger partial charge in [0.1, 0.15) is 12.0 Å². The molecule has 1 heterocycles. The third-order valence-corrected chi connectivity index (χ3v) is 2.43. The van der Waals surface area contributed by atoms with Gasteiger partial charge in [-0.05, 0) is 19.1 Å². The van der Waals surface area contributed by atoms with Crippen LogP contribution in [0, 0.1) is 0 Å². The lowest BCUT2D eigenvalue weighted by atomic mass is 10.0. The number of carbonyl (C=O) groups is 2. The molecule has 1 aliphatic rings. The van der Waals surface area contributed by atoms with E-state index in [9.17, 15) is 9.59 Å². The maximum absolute atomic E-state index is 11.6. The zero-order chi connectivity index (χ0) is 12.3. The molecular weight excluding hydrogens is 220 g/mol. The van der Waals surface area contributed by atoms with Crippen LogP contribution in [0.1, 0.15) is 12.5 Å². The Balaban J connectivity index is 2.34. The van der Waals surface area contributed by atoms with Gasteiger partial charge in [-0.1, -0.05) is 18.2 Å². The zero-order valence-corrected chi connectivity index (χ0v) is 9.38. The van der Waals surface area contributed by atoms with Crippen LogP contribution in [0.15, 0.2) is 29.8 Å². The van der Waals surface area contributed by atoms with Crippen LogP contribution in [-0.4, -0.2) is 25.0 Å². The van der Waals surface area contributed by atoms with E-state index in [1.165, 1.54) is 0 Å². The molecule has 1 aliphatic heterocycles. The Morgan fingerprint density at radius 3 is 2.94 bits per heavy atom. The number of aldehydes is 1. The molecule has 17 heavy (non-hydrogen) atoms. The molecule has 1 atom stereocenters. The summed E-state index contributed by atoms with van der Waals surface area (Å²) in [6.45, 7) is 1.96. The number of benzene rings is 1. The first-order valence-electron chi connectivity index (χ1n) is 5.35. The molecular formula is C13H12O4. The average molecular weight is 232 g/mol. The summed E-state index contributed by atoms with van der Waals surface area (Å²) in [7, 11) is 0. The van der Waals surface area contributed by atoms with Crippen molar-refractivity contribution in [1.29, 1.82) is 0 Å². The summed E-state index contributed by atoms with van der Waals surface area (Å²) in [6.07, 6.45) is 1.31. The fourth-order valence-corrected chi connectivity index (χ4v) is 1.66. The lowest BCUT2D eigenvalue weighted by Crippen LogP contribution is -2.33. The Labute approximate surface area is 98.8 Å². The Morgan fingerprint density at radius 2 is 2.24 bits per heavy atom. The maximum Gasteiger partial charge on any atom is 0.352 e. The largest absolute Gasteiger partial charge is 0.473 e. The highest BCUT2D eigenvalue weighted by Crippen LogP contribution is 2.28. The molecule has 0 fully saturated rings. The second-order valence-electron chi connectivity index (χ2n) is 3.55. The van der Waals surface area contributed by atoms with E-state index in [1.807, 2.05) is 12.1 Å². The first-order chi connectivity index (χ1) is 8.26. The van der Waals surface area contributed by atoms with E-state index in [0.717, 1.165) is 5.56 Å². The molecule has 0 amide bonds. The van der Waals surface area contributed by atoms with Crippen molar-refractivity contribution in [3.63, 3.8) is 0 Å². The van der Waals surface area contributed by atoms with Crippen molar-refractivity contribution in [2.24, 2.45) is 0 Å². The van der Waals surface area contributed by atoms with Crippen LogP contribution >= 0.6 is 0 Å². The molecule has 1 aromatic rings. The van der Waals surface area contributed by atoms with Gasteiger partial charge in [0.05, 0.1) is 6.61 Å². The second kappa shape index (κ2) is 4.82. The Bertz CT molecular complexity index is 476. The summed E-state index contributed by atoms with van der Waals surface area (Å²) in [5.41, 5.74) is 1.07. The predicted octanol–water partition coefficient (Wildman–Crippen LogP) is 1.59. The summed E-state index contributed by atoms with van der Waals surface area (Å²) < 4.78 is 10.3. The van der Waals surface area contributed by atoms with Crippen LogP contribution in [-0.2, 0) is 14.3 Å². The third kappa shape index (κ3) is 2.20. The fourth-order valence-electron chi connectivity index (χ4n) is 1.66. The summed E-state index contributed by atoms with van der Waals surface area (Å²) in [5.74, 6) is 0.0384. The van der Waals surface area contributed by atoms with Crippen LogP contribution in [0.3, 0.4) is 0 Å². The van der Waals surface area contributed by atoms with Crippen LogP contribution in [0.4, 0.5) is 0 Å². The van der Waals surface area contributed by atoms with E-state index < -0.39 is 12.1 Å². The minimum absolute atomic E-state index is 0.256. The van der Waals surface area contributed by atoms with E-state index in [2.05, 4.69) is 0 Å². The number of rotatable bonds is 3. The van der Waals surface area contributed by atoms with Crippen molar-refractivity contribution in [2.45, 2.75) is 13.0 Å². The quantitative estimate of drug-likeness (QED) is 0.586. The zero-order valence-electron chi connectivity index (χ0n) is 9.38. The van der Waals surface area contributed by atoms with Crippen molar-refractivity contribution in [3.8, 4) is 5.75 Å². The summed E-state index contributed by atoms with van der Waals surface area (Å²) in [6, 6.07) is 7.21. The van der Waals surface area contributed by atoms with Gasteiger partial charge in [-0.2, -0.15) is 0 Å². The smallest absolute Gasteiger partial charge is 0.352 e. The second-order valence-corrected chi connectivity index (χ2v) is 3.55. The van der Waals surface area contributed by atoms with Crippen molar-refractivity contribution in [3.05, 3.63) is 35.4 Å². The van der Waals surface area contributed by atoms with Gasteiger partial charge < -0.3 is 9.47 Å². The Hall–Kier alpha value is -2.10. The molecule has 1 aromatic carbocycles. The number of esters is 1. The van der Waals surface area contributed by atoms with Crippen molar-refractivity contribution in [2.75, 3.05) is 6.61 Å².